The molecule has 0 saturated carbocycles. The van der Waals surface area contributed by atoms with E-state index in [4.69, 9.17) is 4.74 Å². The predicted octanol–water partition coefficient (Wildman–Crippen LogP) is 5.14. The Morgan fingerprint density at radius 3 is 2.35 bits per heavy atom. The fraction of sp³-hybridized carbons (Fsp3) is 0.0417. The number of carbonyl (C=O) groups is 1. The second-order valence-corrected chi connectivity index (χ2v) is 6.66. The molecule has 0 aliphatic rings. The van der Waals surface area contributed by atoms with E-state index in [0.717, 1.165) is 5.56 Å². The summed E-state index contributed by atoms with van der Waals surface area (Å²) in [7, 11) is 0. The number of aromatic nitrogens is 2. The lowest BCUT2D eigenvalue weighted by atomic mass is 10.2. The molecule has 0 aliphatic heterocycles. The Bertz CT molecular complexity index is 1200. The highest BCUT2D eigenvalue weighted by Crippen LogP contribution is 2.23. The fourth-order valence-electron chi connectivity index (χ4n) is 2.85. The van der Waals surface area contributed by atoms with Gasteiger partial charge in [0.25, 0.3) is 5.91 Å². The van der Waals surface area contributed by atoms with E-state index in [1.807, 2.05) is 0 Å². The molecule has 1 N–H and O–H groups in total. The first-order valence-corrected chi connectivity index (χ1v) is 9.46. The summed E-state index contributed by atoms with van der Waals surface area (Å²) in [5.41, 5.74) is 1.85. The van der Waals surface area contributed by atoms with Crippen LogP contribution >= 0.6 is 0 Å². The molecule has 0 spiro atoms. The number of hydrogen-bond acceptors (Lipinski definition) is 4. The number of carbonyl (C=O) groups excluding carboxylic acids is 1. The number of amides is 1. The van der Waals surface area contributed by atoms with Crippen molar-refractivity contribution in [2.24, 2.45) is 0 Å². The van der Waals surface area contributed by atoms with Gasteiger partial charge >= 0.3 is 0 Å². The topological polar surface area (TPSA) is 64.1 Å². The zero-order valence-electron chi connectivity index (χ0n) is 16.3. The largest absolute Gasteiger partial charge is 0.439 e. The molecule has 4 aromatic rings. The molecular formula is C24H17F2N3O2. The number of nitrogens with one attached hydrogen (secondary N) is 1. The second kappa shape index (κ2) is 9.13. The van der Waals surface area contributed by atoms with Gasteiger partial charge < -0.3 is 10.1 Å². The zero-order chi connectivity index (χ0) is 21.6. The number of benzene rings is 3. The third kappa shape index (κ3) is 5.27. The van der Waals surface area contributed by atoms with Gasteiger partial charge in [0.2, 0.25) is 5.88 Å². The van der Waals surface area contributed by atoms with E-state index in [2.05, 4.69) is 15.3 Å². The molecule has 0 unspecified atom stereocenters. The van der Waals surface area contributed by atoms with E-state index >= 15 is 0 Å². The minimum Gasteiger partial charge on any atom is -0.439 e. The summed E-state index contributed by atoms with van der Waals surface area (Å²) in [6.07, 6.45) is 1.54. The second-order valence-electron chi connectivity index (χ2n) is 6.66. The lowest BCUT2D eigenvalue weighted by Gasteiger charge is -2.09. The fourth-order valence-corrected chi connectivity index (χ4v) is 2.85. The summed E-state index contributed by atoms with van der Waals surface area (Å²) < 4.78 is 31.9. The zero-order valence-corrected chi connectivity index (χ0v) is 16.3. The van der Waals surface area contributed by atoms with E-state index < -0.39 is 0 Å². The molecule has 1 heterocycles. The van der Waals surface area contributed by atoms with Gasteiger partial charge in [-0.3, -0.25) is 4.79 Å². The third-order valence-electron chi connectivity index (χ3n) is 4.42. The lowest BCUT2D eigenvalue weighted by Crippen LogP contribution is -2.22. The molecule has 0 saturated heterocycles. The average Bonchev–Trinajstić information content (AvgIpc) is 2.79. The summed E-state index contributed by atoms with van der Waals surface area (Å²) >= 11 is 0. The van der Waals surface area contributed by atoms with Crippen molar-refractivity contribution >= 4 is 5.91 Å². The Balaban J connectivity index is 1.44. The Morgan fingerprint density at radius 1 is 0.903 bits per heavy atom. The first kappa shape index (κ1) is 20.2. The van der Waals surface area contributed by atoms with Crippen molar-refractivity contribution in [3.05, 3.63) is 108 Å². The van der Waals surface area contributed by atoms with Crippen LogP contribution in [0.15, 0.2) is 85.1 Å². The highest BCUT2D eigenvalue weighted by Gasteiger charge is 2.09. The van der Waals surface area contributed by atoms with E-state index in [9.17, 15) is 13.6 Å². The molecular weight excluding hydrogens is 400 g/mol. The Labute approximate surface area is 177 Å². The maximum absolute atomic E-state index is 13.1. The minimum atomic E-state index is -0.342. The SMILES string of the molecule is O=C(NCc1ccc(F)cc1)c1cccc(Oc2ccnc(-c3ccc(F)cc3)n2)c1. The number of ether oxygens (including phenoxy) is 1. The van der Waals surface area contributed by atoms with E-state index in [1.54, 1.807) is 60.8 Å². The average molecular weight is 417 g/mol. The molecule has 0 radical (unpaired) electrons. The molecule has 7 heteroatoms. The van der Waals surface area contributed by atoms with Crippen molar-refractivity contribution in [1.29, 1.82) is 0 Å². The monoisotopic (exact) mass is 417 g/mol. The molecule has 0 fully saturated rings. The Hall–Kier alpha value is -4.13. The Kier molecular flexibility index (Phi) is 5.93. The van der Waals surface area contributed by atoms with Crippen LogP contribution in [0.5, 0.6) is 11.6 Å². The number of halogens is 2. The quantitative estimate of drug-likeness (QED) is 0.472. The third-order valence-corrected chi connectivity index (χ3v) is 4.42. The molecule has 3 aromatic carbocycles. The molecule has 5 nitrogen and oxygen atoms in total. The molecule has 0 aliphatic carbocycles. The highest BCUT2D eigenvalue weighted by atomic mass is 19.1. The van der Waals surface area contributed by atoms with Crippen LogP contribution in [0.1, 0.15) is 15.9 Å². The van der Waals surface area contributed by atoms with Gasteiger partial charge in [0, 0.05) is 29.9 Å². The number of nitrogens with zero attached hydrogens (tertiary/aromatic N) is 2. The number of rotatable bonds is 6. The normalized spacial score (nSPS) is 10.5. The van der Waals surface area contributed by atoms with Crippen molar-refractivity contribution in [1.82, 2.24) is 15.3 Å². The maximum Gasteiger partial charge on any atom is 0.251 e. The summed E-state index contributed by atoms with van der Waals surface area (Å²) in [5.74, 6) is 0.157. The van der Waals surface area contributed by atoms with Gasteiger partial charge in [-0.15, -0.1) is 0 Å². The van der Waals surface area contributed by atoms with Crippen LogP contribution in [0.25, 0.3) is 11.4 Å². The molecule has 0 atom stereocenters. The van der Waals surface area contributed by atoms with Crippen LogP contribution in [0.3, 0.4) is 0 Å². The van der Waals surface area contributed by atoms with Gasteiger partial charge in [-0.05, 0) is 60.2 Å². The molecule has 1 aromatic heterocycles. The van der Waals surface area contributed by atoms with Gasteiger partial charge in [-0.1, -0.05) is 18.2 Å². The van der Waals surface area contributed by atoms with Gasteiger partial charge in [0.05, 0.1) is 0 Å². The van der Waals surface area contributed by atoms with Gasteiger partial charge in [-0.2, -0.15) is 4.98 Å². The van der Waals surface area contributed by atoms with Crippen molar-refractivity contribution in [3.63, 3.8) is 0 Å². The highest BCUT2D eigenvalue weighted by molar-refractivity contribution is 5.94. The van der Waals surface area contributed by atoms with Crippen LogP contribution in [-0.2, 0) is 6.54 Å². The van der Waals surface area contributed by atoms with E-state index in [0.29, 0.717) is 22.7 Å². The van der Waals surface area contributed by atoms with Crippen molar-refractivity contribution < 1.29 is 18.3 Å². The summed E-state index contributed by atoms with van der Waals surface area (Å²) in [6.45, 7) is 0.275. The molecule has 4 rings (SSSR count). The van der Waals surface area contributed by atoms with Crippen molar-refractivity contribution in [2.75, 3.05) is 0 Å². The molecule has 154 valence electrons. The lowest BCUT2D eigenvalue weighted by molar-refractivity contribution is 0.0950. The van der Waals surface area contributed by atoms with Crippen molar-refractivity contribution in [3.8, 4) is 23.0 Å². The smallest absolute Gasteiger partial charge is 0.251 e. The summed E-state index contributed by atoms with van der Waals surface area (Å²) in [4.78, 5) is 21.0. The van der Waals surface area contributed by atoms with Crippen molar-refractivity contribution in [2.45, 2.75) is 6.54 Å². The summed E-state index contributed by atoms with van der Waals surface area (Å²) in [6, 6.07) is 20.0. The van der Waals surface area contributed by atoms with Crippen LogP contribution in [-0.4, -0.2) is 15.9 Å². The Morgan fingerprint density at radius 2 is 1.61 bits per heavy atom. The van der Waals surface area contributed by atoms with E-state index in [1.165, 1.54) is 24.3 Å². The van der Waals surface area contributed by atoms with Gasteiger partial charge in [0.15, 0.2) is 5.82 Å². The summed E-state index contributed by atoms with van der Waals surface area (Å²) in [5, 5.41) is 2.79. The standard InChI is InChI=1S/C24H17F2N3O2/c25-19-8-4-16(5-9-19)15-28-24(30)18-2-1-3-21(14-18)31-22-12-13-27-23(29-22)17-6-10-20(26)11-7-17/h1-14H,15H2,(H,28,30). The first-order chi connectivity index (χ1) is 15.1. The van der Waals surface area contributed by atoms with E-state index in [-0.39, 0.29) is 30.0 Å². The first-order valence-electron chi connectivity index (χ1n) is 9.46. The van der Waals surface area contributed by atoms with Gasteiger partial charge in [0.1, 0.15) is 17.4 Å². The minimum absolute atomic E-state index is 0.275. The predicted molar refractivity (Wildman–Crippen MR) is 112 cm³/mol. The molecule has 0 bridgehead atoms. The van der Waals surface area contributed by atoms with Crippen LogP contribution in [0.2, 0.25) is 0 Å². The molecule has 31 heavy (non-hydrogen) atoms. The van der Waals surface area contributed by atoms with Crippen LogP contribution in [0, 0.1) is 11.6 Å². The molecule has 1 amide bonds. The van der Waals surface area contributed by atoms with Crippen LogP contribution < -0.4 is 10.1 Å². The van der Waals surface area contributed by atoms with Gasteiger partial charge in [-0.25, -0.2) is 13.8 Å². The maximum atomic E-state index is 13.1. The number of hydrogen-bond donors (Lipinski definition) is 1. The van der Waals surface area contributed by atoms with Crippen LogP contribution in [0.4, 0.5) is 8.78 Å².